The van der Waals surface area contributed by atoms with Crippen LogP contribution in [-0.2, 0) is 21.7 Å². The Hall–Kier alpha value is -4.63. The molecule has 0 bridgehead atoms. The number of nitrogens with one attached hydrogen (secondary N) is 1. The van der Waals surface area contributed by atoms with Crippen molar-refractivity contribution in [2.24, 2.45) is 5.41 Å². The predicted octanol–water partition coefficient (Wildman–Crippen LogP) is 6.28. The highest BCUT2D eigenvalue weighted by molar-refractivity contribution is 5.88. The Bertz CT molecular complexity index is 1500. The number of carbonyl (C=O) groups is 2. The number of fused-ring (bicyclic) bond motifs is 1. The van der Waals surface area contributed by atoms with Crippen LogP contribution in [-0.4, -0.2) is 22.2 Å². The van der Waals surface area contributed by atoms with Gasteiger partial charge in [-0.1, -0.05) is 81.3 Å². The number of aromatic nitrogens is 1. The predicted molar refractivity (Wildman–Crippen MR) is 147 cm³/mol. The minimum atomic E-state index is -1.70. The number of carbonyl (C=O) groups excluding carboxylic acids is 1. The molecule has 4 aromatic rings. The highest BCUT2D eigenvalue weighted by Gasteiger charge is 2.45. The Kier molecular flexibility index (Phi) is 7.78. The molecule has 6 heteroatoms. The van der Waals surface area contributed by atoms with Gasteiger partial charge in [-0.05, 0) is 65.3 Å². The molecule has 0 radical (unpaired) electrons. The Morgan fingerprint density at radius 1 is 0.895 bits per heavy atom. The van der Waals surface area contributed by atoms with Crippen molar-refractivity contribution in [2.45, 2.75) is 39.3 Å². The molecule has 1 amide bonds. The van der Waals surface area contributed by atoms with Gasteiger partial charge in [0.05, 0.1) is 5.52 Å². The molecule has 0 aliphatic rings. The number of benzene rings is 3. The first kappa shape index (κ1) is 26.4. The Morgan fingerprint density at radius 3 is 2.24 bits per heavy atom. The number of aliphatic carboxylic acids is 1. The minimum Gasteiger partial charge on any atom is -0.479 e. The van der Waals surface area contributed by atoms with E-state index >= 15 is 0 Å². The van der Waals surface area contributed by atoms with Gasteiger partial charge in [0.2, 0.25) is 0 Å². The molecule has 0 aliphatic heterocycles. The average Bonchev–Trinajstić information content (AvgIpc) is 2.90. The van der Waals surface area contributed by atoms with Gasteiger partial charge in [0.15, 0.2) is 5.54 Å². The third-order valence-electron chi connectivity index (χ3n) is 5.98. The second kappa shape index (κ2) is 11.2. The third-order valence-corrected chi connectivity index (χ3v) is 5.98. The number of amides is 1. The monoisotopic (exact) mass is 506 g/mol. The van der Waals surface area contributed by atoms with Gasteiger partial charge in [0.25, 0.3) is 0 Å². The molecule has 1 aromatic heterocycles. The second-order valence-electron chi connectivity index (χ2n) is 10.4. The molecule has 3 aromatic carbocycles. The Labute approximate surface area is 222 Å². The smallest absolute Gasteiger partial charge is 0.408 e. The van der Waals surface area contributed by atoms with Crippen LogP contribution >= 0.6 is 0 Å². The lowest BCUT2D eigenvalue weighted by molar-refractivity contribution is -0.146. The summed E-state index contributed by atoms with van der Waals surface area (Å²) in [5.41, 5.74) is 1.30. The lowest BCUT2D eigenvalue weighted by Gasteiger charge is -2.36. The molecule has 0 fully saturated rings. The van der Waals surface area contributed by atoms with Crippen molar-refractivity contribution < 1.29 is 19.4 Å². The normalized spacial score (nSPS) is 12.6. The van der Waals surface area contributed by atoms with Crippen molar-refractivity contribution in [2.75, 3.05) is 0 Å². The lowest BCUT2D eigenvalue weighted by atomic mass is 9.75. The first-order valence-corrected chi connectivity index (χ1v) is 12.4. The molecular formula is C32H30N2O4. The summed E-state index contributed by atoms with van der Waals surface area (Å²) in [7, 11) is 0. The molecule has 2 N–H and O–H groups in total. The molecule has 1 heterocycles. The number of hydrogen-bond donors (Lipinski definition) is 2. The van der Waals surface area contributed by atoms with Gasteiger partial charge in [-0.25, -0.2) is 14.6 Å². The minimum absolute atomic E-state index is 0.0341. The van der Waals surface area contributed by atoms with E-state index in [1.807, 2.05) is 87.5 Å². The number of carboxylic acids is 1. The zero-order valence-electron chi connectivity index (χ0n) is 21.7. The van der Waals surface area contributed by atoms with E-state index in [-0.39, 0.29) is 13.0 Å². The number of pyridine rings is 1. The summed E-state index contributed by atoms with van der Waals surface area (Å²) >= 11 is 0. The van der Waals surface area contributed by atoms with Crippen LogP contribution in [0.15, 0.2) is 91.0 Å². The number of rotatable bonds is 6. The maximum Gasteiger partial charge on any atom is 0.408 e. The fourth-order valence-corrected chi connectivity index (χ4v) is 4.32. The van der Waals surface area contributed by atoms with E-state index in [2.05, 4.69) is 22.1 Å². The number of carboxylic acid groups (broad SMARTS) is 1. The molecule has 0 unspecified atom stereocenters. The van der Waals surface area contributed by atoms with Crippen LogP contribution in [0.5, 0.6) is 0 Å². The van der Waals surface area contributed by atoms with E-state index in [9.17, 15) is 14.7 Å². The van der Waals surface area contributed by atoms with Gasteiger partial charge in [-0.2, -0.15) is 0 Å². The van der Waals surface area contributed by atoms with Crippen LogP contribution in [0.2, 0.25) is 0 Å². The van der Waals surface area contributed by atoms with Crippen LogP contribution in [0.3, 0.4) is 0 Å². The van der Waals surface area contributed by atoms with Crippen LogP contribution in [0, 0.1) is 17.3 Å². The van der Waals surface area contributed by atoms with Gasteiger partial charge >= 0.3 is 12.1 Å². The van der Waals surface area contributed by atoms with Gasteiger partial charge in [-0.3, -0.25) is 0 Å². The third kappa shape index (κ3) is 6.57. The molecule has 0 saturated carbocycles. The summed E-state index contributed by atoms with van der Waals surface area (Å²) in [4.78, 5) is 30.3. The zero-order valence-corrected chi connectivity index (χ0v) is 21.7. The molecule has 0 spiro atoms. The first-order valence-electron chi connectivity index (χ1n) is 12.4. The van der Waals surface area contributed by atoms with E-state index < -0.39 is 23.0 Å². The van der Waals surface area contributed by atoms with E-state index in [0.29, 0.717) is 16.8 Å². The van der Waals surface area contributed by atoms with Crippen molar-refractivity contribution >= 4 is 23.0 Å². The Balaban J connectivity index is 1.65. The number of hydrogen-bond acceptors (Lipinski definition) is 4. The van der Waals surface area contributed by atoms with E-state index in [4.69, 9.17) is 4.74 Å². The highest BCUT2D eigenvalue weighted by atomic mass is 16.5. The van der Waals surface area contributed by atoms with Crippen molar-refractivity contribution in [3.63, 3.8) is 0 Å². The lowest BCUT2D eigenvalue weighted by Crippen LogP contribution is -2.54. The molecule has 1 atom stereocenters. The quantitative estimate of drug-likeness (QED) is 0.301. The maximum absolute atomic E-state index is 12.9. The fraction of sp³-hybridized carbons (Fsp3) is 0.219. The standard InChI is InChI=1S/C32H30N2O4/c1-31(2,3)22-32(29(35)36,34-30(37)38-21-24-12-8-5-9-13-24)26-16-19-28-25(20-26)15-18-27(33-28)17-14-23-10-6-4-7-11-23/h4-13,15-16,18-20H,21-22H2,1-3H3,(H,34,37)(H,35,36)/t32-/m1/s1. The fourth-order valence-electron chi connectivity index (χ4n) is 4.32. The average molecular weight is 507 g/mol. The molecule has 4 rings (SSSR count). The van der Waals surface area contributed by atoms with Crippen molar-refractivity contribution in [1.29, 1.82) is 0 Å². The van der Waals surface area contributed by atoms with Crippen molar-refractivity contribution in [3.8, 4) is 11.8 Å². The topological polar surface area (TPSA) is 88.5 Å². The summed E-state index contributed by atoms with van der Waals surface area (Å²) in [5.74, 6) is 5.00. The van der Waals surface area contributed by atoms with Crippen LogP contribution < -0.4 is 5.32 Å². The summed E-state index contributed by atoms with van der Waals surface area (Å²) in [6, 6.07) is 27.8. The molecule has 0 saturated heterocycles. The van der Waals surface area contributed by atoms with Gasteiger partial charge in [0.1, 0.15) is 12.3 Å². The number of alkyl carbamates (subject to hydrolysis) is 1. The van der Waals surface area contributed by atoms with Crippen LogP contribution in [0.25, 0.3) is 10.9 Å². The largest absolute Gasteiger partial charge is 0.479 e. The number of ether oxygens (including phenoxy) is 1. The summed E-state index contributed by atoms with van der Waals surface area (Å²) < 4.78 is 5.40. The maximum atomic E-state index is 12.9. The molecule has 6 nitrogen and oxygen atoms in total. The van der Waals surface area contributed by atoms with Crippen molar-refractivity contribution in [1.82, 2.24) is 10.3 Å². The summed E-state index contributed by atoms with van der Waals surface area (Å²) in [6.45, 7) is 5.83. The first-order chi connectivity index (χ1) is 18.1. The molecule has 192 valence electrons. The van der Waals surface area contributed by atoms with Gasteiger partial charge < -0.3 is 15.2 Å². The number of nitrogens with zero attached hydrogens (tertiary/aromatic N) is 1. The summed E-state index contributed by atoms with van der Waals surface area (Å²) in [6.07, 6.45) is -0.653. The second-order valence-corrected chi connectivity index (χ2v) is 10.4. The zero-order chi connectivity index (χ0) is 27.2. The molecular weight excluding hydrogens is 476 g/mol. The SMILES string of the molecule is CC(C)(C)C[C@](NC(=O)OCc1ccccc1)(C(=O)O)c1ccc2nc(C#Cc3ccccc3)ccc2c1. The van der Waals surface area contributed by atoms with E-state index in [1.54, 1.807) is 24.3 Å². The van der Waals surface area contributed by atoms with Gasteiger partial charge in [0, 0.05) is 10.9 Å². The summed E-state index contributed by atoms with van der Waals surface area (Å²) in [5, 5.41) is 13.9. The van der Waals surface area contributed by atoms with Gasteiger partial charge in [-0.15, -0.1) is 0 Å². The Morgan fingerprint density at radius 2 is 1.58 bits per heavy atom. The molecule has 0 aliphatic carbocycles. The molecule has 38 heavy (non-hydrogen) atoms. The van der Waals surface area contributed by atoms with Crippen LogP contribution in [0.4, 0.5) is 4.79 Å². The highest BCUT2D eigenvalue weighted by Crippen LogP contribution is 2.36. The van der Waals surface area contributed by atoms with Crippen molar-refractivity contribution in [3.05, 3.63) is 113 Å². The van der Waals surface area contributed by atoms with Crippen LogP contribution in [0.1, 0.15) is 49.6 Å². The van der Waals surface area contributed by atoms with E-state index in [0.717, 1.165) is 16.5 Å². The van der Waals surface area contributed by atoms with E-state index in [1.165, 1.54) is 0 Å².